The number of hydrogen-bond donors (Lipinski definition) is 0. The summed E-state index contributed by atoms with van der Waals surface area (Å²) in [6.07, 6.45) is 6.22. The Morgan fingerprint density at radius 3 is 2.58 bits per heavy atom. The minimum atomic E-state index is 0.627. The van der Waals surface area contributed by atoms with Gasteiger partial charge in [-0.2, -0.15) is 0 Å². The second kappa shape index (κ2) is 3.61. The monoisotopic (exact) mass is 163 g/mol. The van der Waals surface area contributed by atoms with Gasteiger partial charge in [-0.25, -0.2) is 0 Å². The Morgan fingerprint density at radius 1 is 1.42 bits per heavy atom. The summed E-state index contributed by atoms with van der Waals surface area (Å²) >= 11 is 0. The molecule has 66 valence electrons. The van der Waals surface area contributed by atoms with Crippen molar-refractivity contribution in [3.05, 3.63) is 36.6 Å². The summed E-state index contributed by atoms with van der Waals surface area (Å²) in [6.45, 7) is 9.87. The van der Waals surface area contributed by atoms with Gasteiger partial charge in [0.2, 0.25) is 0 Å². The predicted molar refractivity (Wildman–Crippen MR) is 53.9 cm³/mol. The van der Waals surface area contributed by atoms with Crippen LogP contribution in [0.2, 0.25) is 0 Å². The third kappa shape index (κ3) is 1.45. The van der Waals surface area contributed by atoms with Gasteiger partial charge in [0.1, 0.15) is 0 Å². The average Bonchev–Trinajstić information content (AvgIpc) is 2.09. The van der Waals surface area contributed by atoms with E-state index in [0.29, 0.717) is 6.04 Å². The van der Waals surface area contributed by atoms with E-state index in [9.17, 15) is 0 Å². The van der Waals surface area contributed by atoms with Crippen LogP contribution in [0.1, 0.15) is 19.8 Å². The maximum atomic E-state index is 3.82. The molecule has 0 aromatic carbocycles. The largest absolute Gasteiger partial charge is 0.372 e. The molecular formula is C11H17N. The lowest BCUT2D eigenvalue weighted by molar-refractivity contribution is 0.295. The molecule has 1 heterocycles. The van der Waals surface area contributed by atoms with E-state index in [1.807, 2.05) is 12.2 Å². The summed E-state index contributed by atoms with van der Waals surface area (Å²) < 4.78 is 0. The molecule has 1 unspecified atom stereocenters. The standard InChI is InChI=1S/C11H17N/c1-5-10-8-7-9(3)12(4)11(10)6-2/h5-6,9H,1-2,7-8H2,3-4H3. The molecule has 1 heteroatoms. The van der Waals surface area contributed by atoms with Crippen LogP contribution >= 0.6 is 0 Å². The van der Waals surface area contributed by atoms with E-state index in [-0.39, 0.29) is 0 Å². The molecule has 1 atom stereocenters. The van der Waals surface area contributed by atoms with Crippen molar-refractivity contribution in [1.82, 2.24) is 4.90 Å². The Kier molecular flexibility index (Phi) is 2.74. The minimum absolute atomic E-state index is 0.627. The third-order valence-corrected chi connectivity index (χ3v) is 2.64. The maximum Gasteiger partial charge on any atom is 0.0392 e. The fraction of sp³-hybridized carbons (Fsp3) is 0.455. The summed E-state index contributed by atoms with van der Waals surface area (Å²) in [5, 5.41) is 0. The molecule has 1 aliphatic heterocycles. The van der Waals surface area contributed by atoms with Gasteiger partial charge < -0.3 is 4.90 Å². The molecule has 12 heavy (non-hydrogen) atoms. The van der Waals surface area contributed by atoms with Crippen LogP contribution in [0, 0.1) is 0 Å². The Hall–Kier alpha value is -0.980. The van der Waals surface area contributed by atoms with E-state index >= 15 is 0 Å². The Morgan fingerprint density at radius 2 is 2.08 bits per heavy atom. The van der Waals surface area contributed by atoms with Gasteiger partial charge in [-0.05, 0) is 31.4 Å². The number of rotatable bonds is 2. The first kappa shape index (κ1) is 9.11. The van der Waals surface area contributed by atoms with Crippen LogP contribution in [0.25, 0.3) is 0 Å². The summed E-state index contributed by atoms with van der Waals surface area (Å²) in [4.78, 5) is 2.27. The van der Waals surface area contributed by atoms with Gasteiger partial charge >= 0.3 is 0 Å². The van der Waals surface area contributed by atoms with E-state index in [1.165, 1.54) is 17.7 Å². The van der Waals surface area contributed by atoms with Crippen LogP contribution in [0.5, 0.6) is 0 Å². The summed E-state index contributed by atoms with van der Waals surface area (Å²) in [7, 11) is 2.12. The molecule has 0 radical (unpaired) electrons. The van der Waals surface area contributed by atoms with Gasteiger partial charge in [0, 0.05) is 18.8 Å². The quantitative estimate of drug-likeness (QED) is 0.605. The Balaban J connectivity index is 2.98. The first-order valence-electron chi connectivity index (χ1n) is 4.41. The fourth-order valence-corrected chi connectivity index (χ4v) is 1.63. The first-order chi connectivity index (χ1) is 5.70. The van der Waals surface area contributed by atoms with Crippen LogP contribution in [0.15, 0.2) is 36.6 Å². The predicted octanol–water partition coefficient (Wildman–Crippen LogP) is 2.73. The van der Waals surface area contributed by atoms with Crippen molar-refractivity contribution in [1.29, 1.82) is 0 Å². The fourth-order valence-electron chi connectivity index (χ4n) is 1.63. The van der Waals surface area contributed by atoms with Crippen molar-refractivity contribution in [2.24, 2.45) is 0 Å². The molecule has 0 aromatic rings. The normalized spacial score (nSPS) is 24.2. The highest BCUT2D eigenvalue weighted by Crippen LogP contribution is 2.26. The molecule has 0 aliphatic carbocycles. The second-order valence-electron chi connectivity index (χ2n) is 3.32. The van der Waals surface area contributed by atoms with Gasteiger partial charge in [-0.1, -0.05) is 19.2 Å². The second-order valence-corrected chi connectivity index (χ2v) is 3.32. The SMILES string of the molecule is C=CC1=C(C=C)N(C)C(C)CC1. The smallest absolute Gasteiger partial charge is 0.0392 e. The molecule has 0 amide bonds. The van der Waals surface area contributed by atoms with E-state index in [2.05, 4.69) is 32.0 Å². The van der Waals surface area contributed by atoms with E-state index in [1.54, 1.807) is 0 Å². The highest BCUT2D eigenvalue weighted by atomic mass is 15.1. The van der Waals surface area contributed by atoms with E-state index < -0.39 is 0 Å². The van der Waals surface area contributed by atoms with Crippen molar-refractivity contribution < 1.29 is 0 Å². The third-order valence-electron chi connectivity index (χ3n) is 2.64. The zero-order valence-corrected chi connectivity index (χ0v) is 8.01. The van der Waals surface area contributed by atoms with Crippen LogP contribution < -0.4 is 0 Å². The molecule has 0 aromatic heterocycles. The van der Waals surface area contributed by atoms with Crippen LogP contribution in [0.4, 0.5) is 0 Å². The average molecular weight is 163 g/mol. The topological polar surface area (TPSA) is 3.24 Å². The zero-order chi connectivity index (χ0) is 9.14. The molecule has 0 bridgehead atoms. The minimum Gasteiger partial charge on any atom is -0.372 e. The molecule has 0 spiro atoms. The van der Waals surface area contributed by atoms with E-state index in [4.69, 9.17) is 0 Å². The highest BCUT2D eigenvalue weighted by Gasteiger charge is 2.18. The molecule has 1 rings (SSSR count). The highest BCUT2D eigenvalue weighted by molar-refractivity contribution is 5.32. The molecule has 0 fully saturated rings. The van der Waals surface area contributed by atoms with Gasteiger partial charge in [0.15, 0.2) is 0 Å². The van der Waals surface area contributed by atoms with Crippen molar-refractivity contribution in [2.45, 2.75) is 25.8 Å². The molecule has 0 saturated carbocycles. The lowest BCUT2D eigenvalue weighted by atomic mass is 9.97. The van der Waals surface area contributed by atoms with Crippen molar-refractivity contribution in [2.75, 3.05) is 7.05 Å². The number of likely N-dealkylation sites (N-methyl/N-ethyl adjacent to an activating group) is 1. The first-order valence-corrected chi connectivity index (χ1v) is 4.41. The molecule has 1 nitrogen and oxygen atoms in total. The van der Waals surface area contributed by atoms with Gasteiger partial charge in [0.05, 0.1) is 0 Å². The lowest BCUT2D eigenvalue weighted by Gasteiger charge is -2.34. The van der Waals surface area contributed by atoms with Crippen LogP contribution in [-0.4, -0.2) is 18.0 Å². The van der Waals surface area contributed by atoms with Crippen molar-refractivity contribution in [3.63, 3.8) is 0 Å². The van der Waals surface area contributed by atoms with Crippen molar-refractivity contribution >= 4 is 0 Å². The number of allylic oxidation sites excluding steroid dienone is 3. The van der Waals surface area contributed by atoms with E-state index in [0.717, 1.165) is 6.42 Å². The maximum absolute atomic E-state index is 3.82. The summed E-state index contributed by atoms with van der Waals surface area (Å²) in [6, 6.07) is 0.627. The summed E-state index contributed by atoms with van der Waals surface area (Å²) in [5.74, 6) is 0. The molecule has 0 N–H and O–H groups in total. The lowest BCUT2D eigenvalue weighted by Crippen LogP contribution is -2.31. The zero-order valence-electron chi connectivity index (χ0n) is 8.01. The van der Waals surface area contributed by atoms with Gasteiger partial charge in [0.25, 0.3) is 0 Å². The van der Waals surface area contributed by atoms with Gasteiger partial charge in [-0.15, -0.1) is 0 Å². The van der Waals surface area contributed by atoms with Crippen LogP contribution in [-0.2, 0) is 0 Å². The molecule has 0 saturated heterocycles. The number of hydrogen-bond acceptors (Lipinski definition) is 1. The van der Waals surface area contributed by atoms with Crippen LogP contribution in [0.3, 0.4) is 0 Å². The number of nitrogens with zero attached hydrogens (tertiary/aromatic N) is 1. The molecule has 1 aliphatic rings. The Bertz CT molecular complexity index is 225. The van der Waals surface area contributed by atoms with Crippen molar-refractivity contribution in [3.8, 4) is 0 Å². The van der Waals surface area contributed by atoms with Gasteiger partial charge in [-0.3, -0.25) is 0 Å². The Labute approximate surface area is 75.1 Å². The molecular weight excluding hydrogens is 146 g/mol. The summed E-state index contributed by atoms with van der Waals surface area (Å²) in [5.41, 5.74) is 2.56.